The maximum absolute atomic E-state index is 12.8. The van der Waals surface area contributed by atoms with E-state index in [0.29, 0.717) is 5.75 Å². The summed E-state index contributed by atoms with van der Waals surface area (Å²) < 4.78 is 30.4. The van der Waals surface area contributed by atoms with Crippen LogP contribution in [0.3, 0.4) is 0 Å². The highest BCUT2D eigenvalue weighted by molar-refractivity contribution is 6.78. The maximum atomic E-state index is 12.8. The number of benzene rings is 1. The summed E-state index contributed by atoms with van der Waals surface area (Å²) >= 11 is 0. The van der Waals surface area contributed by atoms with E-state index in [9.17, 15) is 8.22 Å². The number of halogens is 2. The minimum atomic E-state index is -4.12. The molecule has 1 aromatic rings. The molecule has 0 fully saturated rings. The molecule has 66 valence electrons. The molecule has 0 aliphatic carbocycles. The van der Waals surface area contributed by atoms with Crippen LogP contribution >= 0.6 is 0 Å². The Morgan fingerprint density at radius 3 is 2.00 bits per heavy atom. The van der Waals surface area contributed by atoms with Crippen molar-refractivity contribution in [3.05, 3.63) is 24.3 Å². The van der Waals surface area contributed by atoms with E-state index in [2.05, 4.69) is 0 Å². The molecule has 0 bridgehead atoms. The first-order valence-electron chi connectivity index (χ1n) is 3.56. The van der Waals surface area contributed by atoms with E-state index in [4.69, 9.17) is 4.74 Å². The van der Waals surface area contributed by atoms with E-state index < -0.39 is 8.74 Å². The van der Waals surface area contributed by atoms with Crippen LogP contribution in [-0.2, 0) is 0 Å². The molecule has 0 amide bonds. The lowest BCUT2D eigenvalue weighted by atomic mass is 10.3. The lowest BCUT2D eigenvalue weighted by Crippen LogP contribution is -2.34. The van der Waals surface area contributed by atoms with Gasteiger partial charge in [-0.15, -0.1) is 0 Å². The molecule has 1 rings (SSSR count). The van der Waals surface area contributed by atoms with Gasteiger partial charge in [0.2, 0.25) is 0 Å². The van der Waals surface area contributed by atoms with Crippen LogP contribution in [0.1, 0.15) is 0 Å². The van der Waals surface area contributed by atoms with Crippen LogP contribution < -0.4 is 9.92 Å². The second-order valence-corrected chi connectivity index (χ2v) is 4.97. The van der Waals surface area contributed by atoms with Crippen LogP contribution in [0, 0.1) is 0 Å². The average Bonchev–Trinajstić information content (AvgIpc) is 2.03. The van der Waals surface area contributed by atoms with Gasteiger partial charge in [0.1, 0.15) is 5.75 Å². The summed E-state index contributed by atoms with van der Waals surface area (Å²) in [5, 5.41) is 0.142. The zero-order valence-electron chi connectivity index (χ0n) is 6.97. The van der Waals surface area contributed by atoms with Crippen molar-refractivity contribution in [2.24, 2.45) is 0 Å². The Kier molecular flexibility index (Phi) is 2.47. The molecule has 0 spiro atoms. The van der Waals surface area contributed by atoms with E-state index >= 15 is 0 Å². The average molecular weight is 188 g/mol. The van der Waals surface area contributed by atoms with Crippen LogP contribution in [-0.4, -0.2) is 15.9 Å². The molecule has 1 aromatic carbocycles. The SMILES string of the molecule is COc1ccc([Si](C)(F)F)cc1. The molecule has 4 heteroatoms. The highest BCUT2D eigenvalue weighted by Gasteiger charge is 2.30. The molecule has 0 aliphatic rings. The predicted molar refractivity (Wildman–Crippen MR) is 46.5 cm³/mol. The third-order valence-corrected chi connectivity index (χ3v) is 2.94. The summed E-state index contributed by atoms with van der Waals surface area (Å²) in [6.07, 6.45) is 0. The molecular weight excluding hydrogens is 178 g/mol. The van der Waals surface area contributed by atoms with Crippen LogP contribution in [0.5, 0.6) is 5.75 Å². The van der Waals surface area contributed by atoms with Crippen molar-refractivity contribution in [3.63, 3.8) is 0 Å². The standard InChI is InChI=1S/C8H10F2OSi/c1-11-7-3-5-8(6-4-7)12(2,9)10/h3-6H,1-2H3. The monoisotopic (exact) mass is 188 g/mol. The molecule has 0 aliphatic heterocycles. The summed E-state index contributed by atoms with van der Waals surface area (Å²) in [6.45, 7) is 1.01. The summed E-state index contributed by atoms with van der Waals surface area (Å²) in [6, 6.07) is 5.95. The fraction of sp³-hybridized carbons (Fsp3) is 0.250. The number of hydrogen-bond acceptors (Lipinski definition) is 1. The van der Waals surface area contributed by atoms with E-state index in [-0.39, 0.29) is 5.19 Å². The largest absolute Gasteiger partial charge is 0.497 e. The van der Waals surface area contributed by atoms with Gasteiger partial charge >= 0.3 is 8.74 Å². The first kappa shape index (κ1) is 9.19. The maximum Gasteiger partial charge on any atom is 0.452 e. The summed E-state index contributed by atoms with van der Waals surface area (Å²) in [4.78, 5) is 0. The minimum Gasteiger partial charge on any atom is -0.497 e. The second kappa shape index (κ2) is 3.22. The molecule has 0 heterocycles. The highest BCUT2D eigenvalue weighted by atomic mass is 28.4. The van der Waals surface area contributed by atoms with E-state index in [1.165, 1.54) is 19.2 Å². The first-order chi connectivity index (χ1) is 5.54. The van der Waals surface area contributed by atoms with Crippen LogP contribution in [0.15, 0.2) is 24.3 Å². The normalized spacial score (nSPS) is 11.3. The molecule has 0 aromatic heterocycles. The Balaban J connectivity index is 2.93. The Morgan fingerprint density at radius 1 is 1.17 bits per heavy atom. The molecule has 0 radical (unpaired) electrons. The van der Waals surface area contributed by atoms with Crippen LogP contribution in [0.2, 0.25) is 6.55 Å². The summed E-state index contributed by atoms with van der Waals surface area (Å²) in [5.74, 6) is 0.608. The van der Waals surface area contributed by atoms with Crippen molar-refractivity contribution in [2.45, 2.75) is 6.55 Å². The van der Waals surface area contributed by atoms with Gasteiger partial charge in [0.25, 0.3) is 0 Å². The lowest BCUT2D eigenvalue weighted by molar-refractivity contribution is 0.415. The van der Waals surface area contributed by atoms with Crippen molar-refractivity contribution in [1.29, 1.82) is 0 Å². The van der Waals surface area contributed by atoms with E-state index in [1.54, 1.807) is 12.1 Å². The fourth-order valence-electron chi connectivity index (χ4n) is 0.884. The zero-order chi connectivity index (χ0) is 9.19. The van der Waals surface area contributed by atoms with Gasteiger partial charge in [-0.2, -0.15) is 0 Å². The molecular formula is C8H10F2OSi. The van der Waals surface area contributed by atoms with Gasteiger partial charge in [0.15, 0.2) is 0 Å². The third kappa shape index (κ3) is 2.04. The smallest absolute Gasteiger partial charge is 0.452 e. The Labute approximate surface area is 71.3 Å². The van der Waals surface area contributed by atoms with Crippen molar-refractivity contribution in [1.82, 2.24) is 0 Å². The molecule has 0 saturated heterocycles. The zero-order valence-corrected chi connectivity index (χ0v) is 7.97. The number of hydrogen-bond donors (Lipinski definition) is 0. The third-order valence-electron chi connectivity index (χ3n) is 1.60. The van der Waals surface area contributed by atoms with Gasteiger partial charge in [0.05, 0.1) is 7.11 Å². The number of methoxy groups -OCH3 is 1. The van der Waals surface area contributed by atoms with Crippen molar-refractivity contribution >= 4 is 13.9 Å². The number of rotatable bonds is 2. The van der Waals surface area contributed by atoms with Gasteiger partial charge in [-0.05, 0) is 18.7 Å². The molecule has 0 atom stereocenters. The Bertz CT molecular complexity index is 253. The molecule has 12 heavy (non-hydrogen) atoms. The number of ether oxygens (including phenoxy) is 1. The van der Waals surface area contributed by atoms with Crippen molar-refractivity contribution in [2.75, 3.05) is 7.11 Å². The molecule has 1 nitrogen and oxygen atoms in total. The van der Waals surface area contributed by atoms with Gasteiger partial charge in [-0.3, -0.25) is 8.22 Å². The van der Waals surface area contributed by atoms with Crippen LogP contribution in [0.4, 0.5) is 8.22 Å². The Morgan fingerprint density at radius 2 is 1.67 bits per heavy atom. The fourth-order valence-corrected chi connectivity index (χ4v) is 1.64. The molecule has 0 N–H and O–H groups in total. The van der Waals surface area contributed by atoms with Gasteiger partial charge < -0.3 is 4.74 Å². The van der Waals surface area contributed by atoms with Crippen molar-refractivity contribution in [3.8, 4) is 5.75 Å². The van der Waals surface area contributed by atoms with E-state index in [0.717, 1.165) is 6.55 Å². The predicted octanol–water partition coefficient (Wildman–Crippen LogP) is 1.91. The van der Waals surface area contributed by atoms with Gasteiger partial charge in [-0.25, -0.2) is 0 Å². The van der Waals surface area contributed by atoms with Gasteiger partial charge in [-0.1, -0.05) is 12.1 Å². The molecule has 0 unspecified atom stereocenters. The summed E-state index contributed by atoms with van der Waals surface area (Å²) in [5.41, 5.74) is 0. The second-order valence-electron chi connectivity index (χ2n) is 2.62. The Hall–Kier alpha value is -0.903. The lowest BCUT2D eigenvalue weighted by Gasteiger charge is -2.07. The molecule has 0 saturated carbocycles. The van der Waals surface area contributed by atoms with E-state index in [1.807, 2.05) is 0 Å². The minimum absolute atomic E-state index is 0.142. The first-order valence-corrected chi connectivity index (χ1v) is 5.82. The highest BCUT2D eigenvalue weighted by Crippen LogP contribution is 2.11. The topological polar surface area (TPSA) is 9.23 Å². The van der Waals surface area contributed by atoms with Crippen molar-refractivity contribution < 1.29 is 13.0 Å². The van der Waals surface area contributed by atoms with Gasteiger partial charge in [0, 0.05) is 5.19 Å². The quantitative estimate of drug-likeness (QED) is 0.509. The summed E-state index contributed by atoms with van der Waals surface area (Å²) in [7, 11) is -2.61. The van der Waals surface area contributed by atoms with Crippen LogP contribution in [0.25, 0.3) is 0 Å².